The van der Waals surface area contributed by atoms with E-state index in [1.165, 1.54) is 17.7 Å². The summed E-state index contributed by atoms with van der Waals surface area (Å²) in [5.41, 5.74) is 2.77. The lowest BCUT2D eigenvalue weighted by atomic mass is 10.1. The van der Waals surface area contributed by atoms with Gasteiger partial charge in [0.2, 0.25) is 5.91 Å². The molecular formula is C22H30N2O4. The maximum Gasteiger partial charge on any atom is 0.339 e. The predicted molar refractivity (Wildman–Crippen MR) is 110 cm³/mol. The Kier molecular flexibility index (Phi) is 10.3. The Balaban J connectivity index is 2.65. The van der Waals surface area contributed by atoms with Gasteiger partial charge in [0.15, 0.2) is 0 Å². The van der Waals surface area contributed by atoms with Crippen LogP contribution < -0.4 is 10.6 Å². The van der Waals surface area contributed by atoms with Crippen molar-refractivity contribution >= 4 is 17.8 Å². The van der Waals surface area contributed by atoms with Crippen molar-refractivity contribution in [2.24, 2.45) is 0 Å². The third kappa shape index (κ3) is 8.66. The summed E-state index contributed by atoms with van der Waals surface area (Å²) < 4.78 is 5.29. The standard InChI is InChI=1S/C22H30N2O4/c1-5-23-20(25)15-24-21(26)18-11-6-7-12-19(18)22(27)28-14-13-17(4)10-8-9-16(2)3/h6-7,9,11-13H,5,8,10,14-15H2,1-4H3,(H,23,25)(H,24,26). The Morgan fingerprint density at radius 1 is 1.00 bits per heavy atom. The maximum absolute atomic E-state index is 12.4. The van der Waals surface area contributed by atoms with E-state index in [0.717, 1.165) is 18.4 Å². The van der Waals surface area contributed by atoms with E-state index in [-0.39, 0.29) is 30.2 Å². The molecule has 0 unspecified atom stereocenters. The van der Waals surface area contributed by atoms with E-state index in [2.05, 4.69) is 30.6 Å². The van der Waals surface area contributed by atoms with Crippen LogP contribution in [0.1, 0.15) is 61.3 Å². The van der Waals surface area contributed by atoms with Crippen molar-refractivity contribution in [2.45, 2.75) is 40.5 Å². The van der Waals surface area contributed by atoms with Crippen LogP contribution in [0.5, 0.6) is 0 Å². The first-order valence-corrected chi connectivity index (χ1v) is 9.45. The van der Waals surface area contributed by atoms with Gasteiger partial charge in [-0.1, -0.05) is 29.4 Å². The minimum atomic E-state index is -0.572. The zero-order chi connectivity index (χ0) is 20.9. The quantitative estimate of drug-likeness (QED) is 0.477. The number of ether oxygens (including phenoxy) is 1. The molecule has 2 amide bonds. The van der Waals surface area contributed by atoms with E-state index < -0.39 is 11.9 Å². The number of hydrogen-bond donors (Lipinski definition) is 2. The topological polar surface area (TPSA) is 84.5 Å². The summed E-state index contributed by atoms with van der Waals surface area (Å²) in [7, 11) is 0. The first kappa shape index (κ1) is 23.1. The highest BCUT2D eigenvalue weighted by Crippen LogP contribution is 2.11. The van der Waals surface area contributed by atoms with Gasteiger partial charge in [0.05, 0.1) is 17.7 Å². The largest absolute Gasteiger partial charge is 0.458 e. The van der Waals surface area contributed by atoms with Crippen LogP contribution in [0, 0.1) is 0 Å². The van der Waals surface area contributed by atoms with Crippen LogP contribution in [-0.2, 0) is 9.53 Å². The van der Waals surface area contributed by atoms with Gasteiger partial charge in [-0.3, -0.25) is 9.59 Å². The average molecular weight is 386 g/mol. The van der Waals surface area contributed by atoms with E-state index >= 15 is 0 Å². The summed E-state index contributed by atoms with van der Waals surface area (Å²) in [5, 5.41) is 5.10. The zero-order valence-electron chi connectivity index (χ0n) is 17.1. The molecule has 0 atom stereocenters. The van der Waals surface area contributed by atoms with Gasteiger partial charge in [0, 0.05) is 6.54 Å². The summed E-state index contributed by atoms with van der Waals surface area (Å²) >= 11 is 0. The molecule has 0 bridgehead atoms. The number of likely N-dealkylation sites (N-methyl/N-ethyl adjacent to an activating group) is 1. The van der Waals surface area contributed by atoms with E-state index in [1.807, 2.05) is 13.0 Å². The van der Waals surface area contributed by atoms with Crippen LogP contribution in [-0.4, -0.2) is 37.5 Å². The molecule has 0 saturated heterocycles. The highest BCUT2D eigenvalue weighted by molar-refractivity contribution is 6.06. The van der Waals surface area contributed by atoms with Crippen molar-refractivity contribution in [1.29, 1.82) is 0 Å². The second-order valence-electron chi connectivity index (χ2n) is 6.65. The number of esters is 1. The molecule has 0 saturated carbocycles. The van der Waals surface area contributed by atoms with E-state index in [1.54, 1.807) is 19.1 Å². The minimum Gasteiger partial charge on any atom is -0.458 e. The number of hydrogen-bond acceptors (Lipinski definition) is 4. The molecule has 0 spiro atoms. The number of carbonyl (C=O) groups excluding carboxylic acids is 3. The molecule has 1 aromatic rings. The van der Waals surface area contributed by atoms with Crippen LogP contribution in [0.15, 0.2) is 47.6 Å². The highest BCUT2D eigenvalue weighted by atomic mass is 16.5. The molecule has 1 rings (SSSR count). The lowest BCUT2D eigenvalue weighted by molar-refractivity contribution is -0.120. The van der Waals surface area contributed by atoms with Crippen LogP contribution >= 0.6 is 0 Å². The smallest absolute Gasteiger partial charge is 0.339 e. The molecule has 6 nitrogen and oxygen atoms in total. The molecule has 0 fully saturated rings. The van der Waals surface area contributed by atoms with Crippen LogP contribution in [0.4, 0.5) is 0 Å². The number of carbonyl (C=O) groups is 3. The monoisotopic (exact) mass is 386 g/mol. The number of amides is 2. The summed E-state index contributed by atoms with van der Waals surface area (Å²) in [5.74, 6) is -1.35. The summed E-state index contributed by atoms with van der Waals surface area (Å²) in [6.07, 6.45) is 5.89. The first-order chi connectivity index (χ1) is 13.3. The third-order valence-corrected chi connectivity index (χ3v) is 3.91. The summed E-state index contributed by atoms with van der Waals surface area (Å²) in [6, 6.07) is 6.39. The Bertz CT molecular complexity index is 747. The predicted octanol–water partition coefficient (Wildman–Crippen LogP) is 3.40. The lowest BCUT2D eigenvalue weighted by Gasteiger charge is -2.10. The minimum absolute atomic E-state index is 0.147. The molecule has 0 aliphatic heterocycles. The molecule has 0 heterocycles. The van der Waals surface area contributed by atoms with Crippen molar-refractivity contribution in [2.75, 3.05) is 19.7 Å². The van der Waals surface area contributed by atoms with Crippen molar-refractivity contribution in [3.63, 3.8) is 0 Å². The van der Waals surface area contributed by atoms with Crippen molar-refractivity contribution in [1.82, 2.24) is 10.6 Å². The molecule has 6 heteroatoms. The molecule has 28 heavy (non-hydrogen) atoms. The van der Waals surface area contributed by atoms with Gasteiger partial charge in [-0.2, -0.15) is 0 Å². The lowest BCUT2D eigenvalue weighted by Crippen LogP contribution is -2.37. The Morgan fingerprint density at radius 3 is 2.32 bits per heavy atom. The second-order valence-corrected chi connectivity index (χ2v) is 6.65. The van der Waals surface area contributed by atoms with E-state index in [0.29, 0.717) is 6.54 Å². The molecule has 0 aromatic heterocycles. The van der Waals surface area contributed by atoms with Gasteiger partial charge in [0.1, 0.15) is 6.61 Å². The fourth-order valence-corrected chi connectivity index (χ4v) is 2.40. The van der Waals surface area contributed by atoms with Crippen LogP contribution in [0.2, 0.25) is 0 Å². The van der Waals surface area contributed by atoms with Crippen molar-refractivity contribution in [3.05, 3.63) is 58.7 Å². The average Bonchev–Trinajstić information content (AvgIpc) is 2.66. The van der Waals surface area contributed by atoms with Crippen molar-refractivity contribution < 1.29 is 19.1 Å². The highest BCUT2D eigenvalue weighted by Gasteiger charge is 2.18. The van der Waals surface area contributed by atoms with E-state index in [9.17, 15) is 14.4 Å². The van der Waals surface area contributed by atoms with Gasteiger partial charge < -0.3 is 15.4 Å². The normalized spacial score (nSPS) is 10.8. The maximum atomic E-state index is 12.4. The second kappa shape index (κ2) is 12.5. The molecule has 0 radical (unpaired) electrons. The molecule has 1 aromatic carbocycles. The summed E-state index contributed by atoms with van der Waals surface area (Å²) in [4.78, 5) is 36.2. The van der Waals surface area contributed by atoms with Gasteiger partial charge in [-0.05, 0) is 58.7 Å². The molecule has 2 N–H and O–H groups in total. The number of benzene rings is 1. The van der Waals surface area contributed by atoms with Gasteiger partial charge in [-0.15, -0.1) is 0 Å². The number of rotatable bonds is 10. The first-order valence-electron chi connectivity index (χ1n) is 9.45. The zero-order valence-corrected chi connectivity index (χ0v) is 17.1. The molecule has 0 aliphatic rings. The van der Waals surface area contributed by atoms with Gasteiger partial charge in [0.25, 0.3) is 5.91 Å². The molecular weight excluding hydrogens is 356 g/mol. The van der Waals surface area contributed by atoms with Gasteiger partial charge in [-0.25, -0.2) is 4.79 Å². The van der Waals surface area contributed by atoms with Gasteiger partial charge >= 0.3 is 5.97 Å². The van der Waals surface area contributed by atoms with Crippen LogP contribution in [0.25, 0.3) is 0 Å². The third-order valence-electron chi connectivity index (χ3n) is 3.91. The Morgan fingerprint density at radius 2 is 1.68 bits per heavy atom. The fraction of sp³-hybridized carbons (Fsp3) is 0.409. The van der Waals surface area contributed by atoms with Crippen molar-refractivity contribution in [3.8, 4) is 0 Å². The van der Waals surface area contributed by atoms with E-state index in [4.69, 9.17) is 4.74 Å². The van der Waals surface area contributed by atoms with Crippen LogP contribution in [0.3, 0.4) is 0 Å². The summed E-state index contributed by atoms with van der Waals surface area (Å²) in [6.45, 7) is 8.39. The number of allylic oxidation sites excluding steroid dienone is 3. The fourth-order valence-electron chi connectivity index (χ4n) is 2.40. The Hall–Kier alpha value is -2.89. The number of nitrogens with one attached hydrogen (secondary N) is 2. The molecule has 0 aliphatic carbocycles. The SMILES string of the molecule is CCNC(=O)CNC(=O)c1ccccc1C(=O)OCC=C(C)CCC=C(C)C. The molecule has 152 valence electrons. The Labute approximate surface area is 167 Å².